The highest BCUT2D eigenvalue weighted by Crippen LogP contribution is 2.26. The highest BCUT2D eigenvalue weighted by Gasteiger charge is 2.28. The fourth-order valence-corrected chi connectivity index (χ4v) is 2.39. The van der Waals surface area contributed by atoms with Crippen LogP contribution in [0.3, 0.4) is 0 Å². The highest BCUT2D eigenvalue weighted by molar-refractivity contribution is 5.42. The summed E-state index contributed by atoms with van der Waals surface area (Å²) in [6.45, 7) is 2.63. The molecule has 2 unspecified atom stereocenters. The minimum Gasteiger partial charge on any atom is -0.350 e. The molecule has 94 valence electrons. The maximum atomic E-state index is 13.7. The van der Waals surface area contributed by atoms with Gasteiger partial charge in [0, 0.05) is 24.7 Å². The molecule has 2 atom stereocenters. The van der Waals surface area contributed by atoms with Gasteiger partial charge in [-0.3, -0.25) is 0 Å². The van der Waals surface area contributed by atoms with E-state index in [2.05, 4.69) is 4.98 Å². The average Bonchev–Trinajstić information content (AvgIpc) is 2.29. The summed E-state index contributed by atoms with van der Waals surface area (Å²) in [5.41, 5.74) is 5.91. The molecule has 1 aliphatic heterocycles. The Labute approximate surface area is 99.6 Å². The maximum absolute atomic E-state index is 13.7. The monoisotopic (exact) mass is 241 g/mol. The lowest BCUT2D eigenvalue weighted by atomic mass is 9.97. The van der Waals surface area contributed by atoms with Crippen molar-refractivity contribution in [1.29, 1.82) is 0 Å². The molecule has 3 nitrogen and oxygen atoms in total. The zero-order valence-corrected chi connectivity index (χ0v) is 9.87. The van der Waals surface area contributed by atoms with Gasteiger partial charge in [0.25, 0.3) is 0 Å². The Bertz CT molecular complexity index is 395. The zero-order valence-electron chi connectivity index (χ0n) is 9.87. The Morgan fingerprint density at radius 1 is 1.47 bits per heavy atom. The standard InChI is InChI=1S/C12H17F2N3/c1-8(15)11-4-2-3-5-17(11)12-10(14)6-9(13)7-16-12/h6-8,11H,2-5,15H2,1H3. The van der Waals surface area contributed by atoms with Gasteiger partial charge in [-0.1, -0.05) is 0 Å². The number of rotatable bonds is 2. The Hall–Kier alpha value is -1.23. The number of aromatic nitrogens is 1. The van der Waals surface area contributed by atoms with E-state index < -0.39 is 11.6 Å². The van der Waals surface area contributed by atoms with E-state index >= 15 is 0 Å². The van der Waals surface area contributed by atoms with Crippen molar-refractivity contribution in [2.45, 2.75) is 38.3 Å². The molecular formula is C12H17F2N3. The number of piperidine rings is 1. The van der Waals surface area contributed by atoms with Gasteiger partial charge < -0.3 is 10.6 Å². The van der Waals surface area contributed by atoms with Crippen LogP contribution >= 0.6 is 0 Å². The fraction of sp³-hybridized carbons (Fsp3) is 0.583. The molecule has 1 aliphatic rings. The van der Waals surface area contributed by atoms with Crippen LogP contribution in [0.1, 0.15) is 26.2 Å². The third-order valence-corrected chi connectivity index (χ3v) is 3.22. The molecule has 1 saturated heterocycles. The van der Waals surface area contributed by atoms with E-state index in [1.807, 2.05) is 11.8 Å². The molecule has 17 heavy (non-hydrogen) atoms. The predicted molar refractivity (Wildman–Crippen MR) is 62.8 cm³/mol. The van der Waals surface area contributed by atoms with Gasteiger partial charge in [0.15, 0.2) is 11.6 Å². The van der Waals surface area contributed by atoms with E-state index in [1.165, 1.54) is 0 Å². The van der Waals surface area contributed by atoms with Gasteiger partial charge in [-0.05, 0) is 26.2 Å². The van der Waals surface area contributed by atoms with Crippen LogP contribution in [-0.4, -0.2) is 23.6 Å². The van der Waals surface area contributed by atoms with Gasteiger partial charge in [-0.2, -0.15) is 0 Å². The average molecular weight is 241 g/mol. The van der Waals surface area contributed by atoms with Gasteiger partial charge in [0.1, 0.15) is 5.82 Å². The van der Waals surface area contributed by atoms with Crippen molar-refractivity contribution in [2.24, 2.45) is 5.73 Å². The van der Waals surface area contributed by atoms with Gasteiger partial charge in [-0.25, -0.2) is 13.8 Å². The first-order valence-electron chi connectivity index (χ1n) is 5.93. The lowest BCUT2D eigenvalue weighted by molar-refractivity contribution is 0.404. The summed E-state index contributed by atoms with van der Waals surface area (Å²) in [7, 11) is 0. The fourth-order valence-electron chi connectivity index (χ4n) is 2.39. The van der Waals surface area contributed by atoms with Crippen LogP contribution in [0.25, 0.3) is 0 Å². The van der Waals surface area contributed by atoms with Crippen LogP contribution in [0, 0.1) is 11.6 Å². The van der Waals surface area contributed by atoms with Crippen molar-refractivity contribution >= 4 is 5.82 Å². The van der Waals surface area contributed by atoms with E-state index in [9.17, 15) is 8.78 Å². The van der Waals surface area contributed by atoms with Gasteiger partial charge in [-0.15, -0.1) is 0 Å². The van der Waals surface area contributed by atoms with E-state index in [1.54, 1.807) is 0 Å². The summed E-state index contributed by atoms with van der Waals surface area (Å²) in [5, 5.41) is 0. The summed E-state index contributed by atoms with van der Waals surface area (Å²) in [6, 6.07) is 0.896. The van der Waals surface area contributed by atoms with Gasteiger partial charge in [0.05, 0.1) is 6.20 Å². The van der Waals surface area contributed by atoms with E-state index in [-0.39, 0.29) is 17.9 Å². The molecule has 0 spiro atoms. The van der Waals surface area contributed by atoms with Crippen molar-refractivity contribution in [3.8, 4) is 0 Å². The Kier molecular flexibility index (Phi) is 3.57. The Morgan fingerprint density at radius 3 is 2.88 bits per heavy atom. The SMILES string of the molecule is CC(N)C1CCCCN1c1ncc(F)cc1F. The summed E-state index contributed by atoms with van der Waals surface area (Å²) in [6.07, 6.45) is 4.05. The predicted octanol–water partition coefficient (Wildman–Crippen LogP) is 2.07. The second-order valence-electron chi connectivity index (χ2n) is 4.57. The topological polar surface area (TPSA) is 42.1 Å². The molecule has 0 aliphatic carbocycles. The minimum absolute atomic E-state index is 0.0541. The van der Waals surface area contributed by atoms with Crippen LogP contribution in [0.2, 0.25) is 0 Å². The molecule has 2 rings (SSSR count). The lowest BCUT2D eigenvalue weighted by Gasteiger charge is -2.38. The van der Waals surface area contributed by atoms with Crippen molar-refractivity contribution in [3.63, 3.8) is 0 Å². The third-order valence-electron chi connectivity index (χ3n) is 3.22. The van der Waals surface area contributed by atoms with Crippen LogP contribution in [-0.2, 0) is 0 Å². The van der Waals surface area contributed by atoms with Gasteiger partial charge in [0.2, 0.25) is 0 Å². The molecule has 5 heteroatoms. The summed E-state index contributed by atoms with van der Waals surface area (Å²) in [4.78, 5) is 5.72. The van der Waals surface area contributed by atoms with Crippen molar-refractivity contribution in [3.05, 3.63) is 23.9 Å². The largest absolute Gasteiger partial charge is 0.350 e. The first-order chi connectivity index (χ1) is 8.09. The molecule has 2 heterocycles. The normalized spacial score (nSPS) is 22.6. The first-order valence-corrected chi connectivity index (χ1v) is 5.93. The second kappa shape index (κ2) is 4.96. The number of nitrogens with two attached hydrogens (primary N) is 1. The number of nitrogens with zero attached hydrogens (tertiary/aromatic N) is 2. The lowest BCUT2D eigenvalue weighted by Crippen LogP contribution is -2.50. The third kappa shape index (κ3) is 2.54. The number of pyridine rings is 1. The second-order valence-corrected chi connectivity index (χ2v) is 4.57. The summed E-state index contributed by atoms with van der Waals surface area (Å²) in [5.74, 6) is -1.05. The van der Waals surface area contributed by atoms with Crippen LogP contribution in [0.15, 0.2) is 12.3 Å². The van der Waals surface area contributed by atoms with Crippen molar-refractivity contribution in [1.82, 2.24) is 4.98 Å². The number of halogens is 2. The number of hydrogen-bond acceptors (Lipinski definition) is 3. The van der Waals surface area contributed by atoms with Gasteiger partial charge >= 0.3 is 0 Å². The summed E-state index contributed by atoms with van der Waals surface area (Å²) < 4.78 is 26.5. The van der Waals surface area contributed by atoms with Crippen LogP contribution in [0.5, 0.6) is 0 Å². The maximum Gasteiger partial charge on any atom is 0.168 e. The quantitative estimate of drug-likeness (QED) is 0.861. The molecule has 0 radical (unpaired) electrons. The molecule has 1 aromatic heterocycles. The summed E-state index contributed by atoms with van der Waals surface area (Å²) >= 11 is 0. The zero-order chi connectivity index (χ0) is 12.4. The van der Waals surface area contributed by atoms with Crippen LogP contribution < -0.4 is 10.6 Å². The molecule has 0 bridgehead atoms. The Balaban J connectivity index is 2.29. The van der Waals surface area contributed by atoms with Crippen molar-refractivity contribution < 1.29 is 8.78 Å². The van der Waals surface area contributed by atoms with Crippen molar-refractivity contribution in [2.75, 3.05) is 11.4 Å². The van der Waals surface area contributed by atoms with Crippen LogP contribution in [0.4, 0.5) is 14.6 Å². The molecular weight excluding hydrogens is 224 g/mol. The molecule has 2 N–H and O–H groups in total. The van der Waals surface area contributed by atoms with E-state index in [0.717, 1.165) is 38.1 Å². The first kappa shape index (κ1) is 12.2. The smallest absolute Gasteiger partial charge is 0.168 e. The molecule has 0 amide bonds. The molecule has 0 saturated carbocycles. The molecule has 1 aromatic rings. The number of anilines is 1. The molecule has 1 fully saturated rings. The van der Waals surface area contributed by atoms with E-state index in [0.29, 0.717) is 0 Å². The highest BCUT2D eigenvalue weighted by atomic mass is 19.1. The molecule has 0 aromatic carbocycles. The number of hydrogen-bond donors (Lipinski definition) is 1. The van der Waals surface area contributed by atoms with E-state index in [4.69, 9.17) is 5.73 Å². The Morgan fingerprint density at radius 2 is 2.24 bits per heavy atom. The minimum atomic E-state index is -0.652.